The number of hydrogen-bond donors (Lipinski definition) is 3. The Morgan fingerprint density at radius 3 is 1.95 bits per heavy atom. The van der Waals surface area contributed by atoms with E-state index in [2.05, 4.69) is 19.6 Å². The maximum atomic E-state index is 10.4. The highest BCUT2D eigenvalue weighted by molar-refractivity contribution is 7.81. The molecule has 0 amide bonds. The van der Waals surface area contributed by atoms with E-state index >= 15 is 0 Å². The first kappa shape index (κ1) is 21.8. The summed E-state index contributed by atoms with van der Waals surface area (Å²) < 4.78 is 0. The molecule has 0 heterocycles. The molecule has 0 saturated heterocycles. The van der Waals surface area contributed by atoms with Crippen molar-refractivity contribution < 1.29 is 15.0 Å². The van der Waals surface area contributed by atoms with Crippen molar-refractivity contribution in [1.29, 1.82) is 0 Å². The van der Waals surface area contributed by atoms with Crippen LogP contribution in [0.25, 0.3) is 0 Å². The van der Waals surface area contributed by atoms with Crippen LogP contribution in [-0.2, 0) is 4.79 Å². The number of aliphatic carboxylic acids is 1. The predicted octanol–water partition coefficient (Wildman–Crippen LogP) is 5.21. The van der Waals surface area contributed by atoms with Crippen molar-refractivity contribution in [2.45, 2.75) is 108 Å². The van der Waals surface area contributed by atoms with Gasteiger partial charge in [0, 0.05) is 11.7 Å². The number of carboxylic acids is 1. The number of carboxylic acid groups (broad SMARTS) is 1. The minimum atomic E-state index is -0.701. The highest BCUT2D eigenvalue weighted by atomic mass is 32.1. The summed E-state index contributed by atoms with van der Waals surface area (Å²) in [6, 6.07) is 0. The zero-order valence-corrected chi connectivity index (χ0v) is 15.2. The normalized spacial score (nSPS) is 14.0. The van der Waals surface area contributed by atoms with Gasteiger partial charge in [-0.3, -0.25) is 4.79 Å². The number of aliphatic hydroxyl groups is 1. The third kappa shape index (κ3) is 14.7. The fraction of sp³-hybridized carbons (Fsp3) is 0.944. The molecule has 132 valence electrons. The topological polar surface area (TPSA) is 57.5 Å². The highest BCUT2D eigenvalue weighted by Crippen LogP contribution is 2.18. The van der Waals surface area contributed by atoms with Crippen molar-refractivity contribution in [2.75, 3.05) is 0 Å². The van der Waals surface area contributed by atoms with Gasteiger partial charge in [-0.1, -0.05) is 71.1 Å². The van der Waals surface area contributed by atoms with Crippen LogP contribution in [0.3, 0.4) is 0 Å². The third-order valence-corrected chi connectivity index (χ3v) is 4.79. The van der Waals surface area contributed by atoms with Crippen molar-refractivity contribution in [2.24, 2.45) is 0 Å². The van der Waals surface area contributed by atoms with E-state index in [9.17, 15) is 9.90 Å². The molecule has 22 heavy (non-hydrogen) atoms. The van der Waals surface area contributed by atoms with Crippen LogP contribution in [0.2, 0.25) is 0 Å². The Labute approximate surface area is 142 Å². The summed E-state index contributed by atoms with van der Waals surface area (Å²) in [5.41, 5.74) is 0. The number of carbonyl (C=O) groups is 1. The first-order valence-electron chi connectivity index (χ1n) is 9.15. The van der Waals surface area contributed by atoms with Crippen LogP contribution in [0, 0.1) is 0 Å². The van der Waals surface area contributed by atoms with E-state index in [1.165, 1.54) is 32.1 Å². The summed E-state index contributed by atoms with van der Waals surface area (Å²) in [4.78, 5) is 10.4. The second-order valence-corrected chi connectivity index (χ2v) is 7.05. The molecule has 4 heteroatoms. The minimum absolute atomic E-state index is 0.0923. The molecule has 0 aliphatic carbocycles. The Hall–Kier alpha value is -0.220. The number of hydrogen-bond acceptors (Lipinski definition) is 3. The average Bonchev–Trinajstić information content (AvgIpc) is 2.49. The second kappa shape index (κ2) is 15.7. The first-order chi connectivity index (χ1) is 10.6. The van der Waals surface area contributed by atoms with Gasteiger partial charge in [0.25, 0.3) is 0 Å². The van der Waals surface area contributed by atoms with Gasteiger partial charge in [0.05, 0.1) is 6.10 Å². The quantitative estimate of drug-likeness (QED) is 0.268. The minimum Gasteiger partial charge on any atom is -0.481 e. The fourth-order valence-corrected chi connectivity index (χ4v) is 3.01. The van der Waals surface area contributed by atoms with Gasteiger partial charge in [-0.15, -0.1) is 0 Å². The van der Waals surface area contributed by atoms with Crippen LogP contribution in [0.15, 0.2) is 0 Å². The summed E-state index contributed by atoms with van der Waals surface area (Å²) in [5.74, 6) is -0.701. The SMILES string of the molecule is CCCCCCCCC(O)C(S)CCCCCCCC(=O)O. The maximum absolute atomic E-state index is 10.4. The maximum Gasteiger partial charge on any atom is 0.303 e. The molecular weight excluding hydrogens is 296 g/mol. The Balaban J connectivity index is 3.38. The Morgan fingerprint density at radius 2 is 1.36 bits per heavy atom. The standard InChI is InChI=1S/C18H36O3S/c1-2-3-4-5-7-10-13-16(19)17(22)14-11-8-6-9-12-15-18(20)21/h16-17,19,22H,2-15H2,1H3,(H,20,21). The summed E-state index contributed by atoms with van der Waals surface area (Å²) in [5, 5.41) is 18.7. The van der Waals surface area contributed by atoms with Gasteiger partial charge < -0.3 is 10.2 Å². The van der Waals surface area contributed by atoms with E-state index in [0.717, 1.165) is 51.4 Å². The number of aliphatic hydroxyl groups excluding tert-OH is 1. The molecule has 2 atom stereocenters. The molecular formula is C18H36O3S. The first-order valence-corrected chi connectivity index (χ1v) is 9.67. The molecule has 0 fully saturated rings. The van der Waals surface area contributed by atoms with Gasteiger partial charge in [-0.25, -0.2) is 0 Å². The molecule has 0 bridgehead atoms. The van der Waals surface area contributed by atoms with Gasteiger partial charge in [0.2, 0.25) is 0 Å². The van der Waals surface area contributed by atoms with Gasteiger partial charge >= 0.3 is 5.97 Å². The van der Waals surface area contributed by atoms with Crippen LogP contribution in [0.1, 0.15) is 96.8 Å². The zero-order chi connectivity index (χ0) is 16.6. The lowest BCUT2D eigenvalue weighted by Crippen LogP contribution is -2.20. The molecule has 0 rings (SSSR count). The molecule has 2 unspecified atom stereocenters. The van der Waals surface area contributed by atoms with Crippen molar-refractivity contribution in [3.8, 4) is 0 Å². The monoisotopic (exact) mass is 332 g/mol. The average molecular weight is 333 g/mol. The van der Waals surface area contributed by atoms with Crippen LogP contribution in [0.5, 0.6) is 0 Å². The van der Waals surface area contributed by atoms with Crippen molar-refractivity contribution in [3.05, 3.63) is 0 Å². The summed E-state index contributed by atoms with van der Waals surface area (Å²) >= 11 is 4.53. The summed E-state index contributed by atoms with van der Waals surface area (Å²) in [7, 11) is 0. The number of thiol groups is 1. The van der Waals surface area contributed by atoms with Gasteiger partial charge in [0.15, 0.2) is 0 Å². The van der Waals surface area contributed by atoms with Crippen molar-refractivity contribution in [1.82, 2.24) is 0 Å². The predicted molar refractivity (Wildman–Crippen MR) is 96.7 cm³/mol. The molecule has 0 saturated carbocycles. The van der Waals surface area contributed by atoms with Crippen molar-refractivity contribution >= 4 is 18.6 Å². The molecule has 0 aromatic carbocycles. The lowest BCUT2D eigenvalue weighted by atomic mass is 10.0. The van der Waals surface area contributed by atoms with Crippen LogP contribution < -0.4 is 0 Å². The zero-order valence-electron chi connectivity index (χ0n) is 14.3. The van der Waals surface area contributed by atoms with E-state index in [4.69, 9.17) is 5.11 Å². The van der Waals surface area contributed by atoms with Gasteiger partial charge in [-0.2, -0.15) is 12.6 Å². The molecule has 0 spiro atoms. The van der Waals surface area contributed by atoms with E-state index in [0.29, 0.717) is 0 Å². The van der Waals surface area contributed by atoms with E-state index in [1.807, 2.05) is 0 Å². The summed E-state index contributed by atoms with van der Waals surface area (Å²) in [6.45, 7) is 2.22. The lowest BCUT2D eigenvalue weighted by Gasteiger charge is -2.18. The van der Waals surface area contributed by atoms with Gasteiger partial charge in [0.1, 0.15) is 0 Å². The molecule has 2 N–H and O–H groups in total. The largest absolute Gasteiger partial charge is 0.481 e. The van der Waals surface area contributed by atoms with Crippen molar-refractivity contribution in [3.63, 3.8) is 0 Å². The smallest absolute Gasteiger partial charge is 0.303 e. The molecule has 3 nitrogen and oxygen atoms in total. The Bertz CT molecular complexity index is 259. The second-order valence-electron chi connectivity index (χ2n) is 6.39. The number of unbranched alkanes of at least 4 members (excludes halogenated alkanes) is 9. The molecule has 0 aromatic rings. The van der Waals surface area contributed by atoms with E-state index in [-0.39, 0.29) is 17.8 Å². The fourth-order valence-electron chi connectivity index (χ4n) is 2.68. The van der Waals surface area contributed by atoms with Crippen LogP contribution >= 0.6 is 12.6 Å². The molecule has 0 aliphatic rings. The molecule has 0 radical (unpaired) electrons. The van der Waals surface area contributed by atoms with E-state index in [1.54, 1.807) is 0 Å². The Morgan fingerprint density at radius 1 is 0.864 bits per heavy atom. The number of rotatable bonds is 16. The lowest BCUT2D eigenvalue weighted by molar-refractivity contribution is -0.137. The van der Waals surface area contributed by atoms with Crippen LogP contribution in [-0.4, -0.2) is 27.5 Å². The highest BCUT2D eigenvalue weighted by Gasteiger charge is 2.14. The van der Waals surface area contributed by atoms with Crippen LogP contribution in [0.4, 0.5) is 0 Å². The molecule has 0 aliphatic heterocycles. The summed E-state index contributed by atoms with van der Waals surface area (Å²) in [6.07, 6.45) is 14.4. The molecule has 0 aromatic heterocycles. The third-order valence-electron chi connectivity index (χ3n) is 4.19. The van der Waals surface area contributed by atoms with Gasteiger partial charge in [-0.05, 0) is 19.3 Å². The van der Waals surface area contributed by atoms with E-state index < -0.39 is 5.97 Å². The Kier molecular flexibility index (Phi) is 15.5.